The molecule has 0 unspecified atom stereocenters. The second-order valence-electron chi connectivity index (χ2n) is 10.5. The van der Waals surface area contributed by atoms with Gasteiger partial charge < -0.3 is 18.8 Å². The first-order valence-corrected chi connectivity index (χ1v) is 15.9. The van der Waals surface area contributed by atoms with E-state index >= 15 is 0 Å². The molecule has 0 N–H and O–H groups in total. The molecule has 0 fully saturated rings. The predicted molar refractivity (Wildman–Crippen MR) is 177 cm³/mol. The summed E-state index contributed by atoms with van der Waals surface area (Å²) in [5.41, 5.74) is 5.37. The molecule has 1 aliphatic rings. The van der Waals surface area contributed by atoms with E-state index in [0.29, 0.717) is 37.7 Å². The van der Waals surface area contributed by atoms with Gasteiger partial charge in [0.1, 0.15) is 0 Å². The number of methoxy groups -OCH3 is 1. The molecular weight excluding hydrogens is 677 g/mol. The fraction of sp³-hybridized carbons (Fsp3) is 0.303. The zero-order chi connectivity index (χ0) is 31.0. The van der Waals surface area contributed by atoms with Crippen LogP contribution in [-0.2, 0) is 9.53 Å². The molecule has 43 heavy (non-hydrogen) atoms. The number of ether oxygens (including phenoxy) is 3. The van der Waals surface area contributed by atoms with Crippen LogP contribution >= 0.6 is 33.9 Å². The van der Waals surface area contributed by atoms with Crippen LogP contribution in [0.25, 0.3) is 11.8 Å². The lowest BCUT2D eigenvalue weighted by atomic mass is 9.95. The summed E-state index contributed by atoms with van der Waals surface area (Å²) in [5, 5.41) is 0. The molecule has 2 aromatic heterocycles. The van der Waals surface area contributed by atoms with Crippen LogP contribution < -0.4 is 24.4 Å². The maximum atomic E-state index is 14.2. The topological polar surface area (TPSA) is 84.1 Å². The fourth-order valence-electron chi connectivity index (χ4n) is 5.37. The number of aromatic nitrogens is 2. The number of benzene rings is 2. The van der Waals surface area contributed by atoms with E-state index in [2.05, 4.69) is 64.4 Å². The number of esters is 1. The van der Waals surface area contributed by atoms with E-state index in [4.69, 9.17) is 19.2 Å². The highest BCUT2D eigenvalue weighted by molar-refractivity contribution is 14.1. The van der Waals surface area contributed by atoms with Gasteiger partial charge in [0, 0.05) is 20.6 Å². The predicted octanol–water partition coefficient (Wildman–Crippen LogP) is 5.61. The third-order valence-electron chi connectivity index (χ3n) is 7.22. The number of carbonyl (C=O) groups excluding carboxylic acids is 1. The molecule has 2 aromatic carbocycles. The number of hydrogen-bond acceptors (Lipinski definition) is 7. The smallest absolute Gasteiger partial charge is 0.338 e. The zero-order valence-corrected chi connectivity index (χ0v) is 28.2. The molecule has 0 saturated carbocycles. The van der Waals surface area contributed by atoms with Crippen LogP contribution in [0.15, 0.2) is 69.6 Å². The Morgan fingerprint density at radius 1 is 1.09 bits per heavy atom. The minimum atomic E-state index is -0.751. The van der Waals surface area contributed by atoms with Crippen molar-refractivity contribution in [1.82, 2.24) is 9.13 Å². The molecule has 1 aliphatic heterocycles. The zero-order valence-electron chi connectivity index (χ0n) is 25.2. The fourth-order valence-corrected chi connectivity index (χ4v) is 6.77. The van der Waals surface area contributed by atoms with Gasteiger partial charge in [-0.2, -0.15) is 0 Å². The molecule has 0 bridgehead atoms. The summed E-state index contributed by atoms with van der Waals surface area (Å²) in [6, 6.07) is 15.1. The molecule has 0 radical (unpaired) electrons. The van der Waals surface area contributed by atoms with E-state index in [1.165, 1.54) is 11.3 Å². The highest BCUT2D eigenvalue weighted by atomic mass is 127. The van der Waals surface area contributed by atoms with E-state index in [1.54, 1.807) is 25.5 Å². The first-order chi connectivity index (χ1) is 20.5. The van der Waals surface area contributed by atoms with Crippen LogP contribution in [0.3, 0.4) is 0 Å². The number of halogens is 1. The Balaban J connectivity index is 1.69. The summed E-state index contributed by atoms with van der Waals surface area (Å²) < 4.78 is 22.5. The van der Waals surface area contributed by atoms with Gasteiger partial charge >= 0.3 is 5.97 Å². The quantitative estimate of drug-likeness (QED) is 0.176. The number of allylic oxidation sites excluding steroid dienone is 1. The molecule has 5 rings (SSSR count). The lowest BCUT2D eigenvalue weighted by molar-refractivity contribution is -0.139. The van der Waals surface area contributed by atoms with Crippen molar-refractivity contribution < 1.29 is 19.0 Å². The molecule has 0 aliphatic carbocycles. The van der Waals surface area contributed by atoms with Crippen LogP contribution in [0.1, 0.15) is 56.3 Å². The van der Waals surface area contributed by atoms with Crippen LogP contribution in [0.4, 0.5) is 0 Å². The number of thiazole rings is 1. The van der Waals surface area contributed by atoms with Gasteiger partial charge in [-0.1, -0.05) is 17.4 Å². The maximum Gasteiger partial charge on any atom is 0.338 e. The average molecular weight is 712 g/mol. The molecular formula is C33H34IN3O5S. The second kappa shape index (κ2) is 12.5. The lowest BCUT2D eigenvalue weighted by Gasteiger charge is -2.25. The van der Waals surface area contributed by atoms with Crippen molar-refractivity contribution in [2.75, 3.05) is 13.7 Å². The molecule has 10 heteroatoms. The number of hydrogen-bond donors (Lipinski definition) is 0. The Hall–Kier alpha value is -3.64. The van der Waals surface area contributed by atoms with Gasteiger partial charge in [0.25, 0.3) is 5.56 Å². The van der Waals surface area contributed by atoms with Crippen molar-refractivity contribution in [3.8, 4) is 17.2 Å². The Kier molecular flexibility index (Phi) is 8.98. The van der Waals surface area contributed by atoms with Gasteiger partial charge in [0.05, 0.1) is 41.7 Å². The molecule has 1 atom stereocenters. The van der Waals surface area contributed by atoms with Crippen LogP contribution in [0.2, 0.25) is 0 Å². The Morgan fingerprint density at radius 3 is 2.47 bits per heavy atom. The van der Waals surface area contributed by atoms with Crippen LogP contribution in [0.5, 0.6) is 11.5 Å². The minimum absolute atomic E-state index is 0.0535. The molecule has 0 saturated heterocycles. The summed E-state index contributed by atoms with van der Waals surface area (Å²) in [7, 11) is 1.57. The third kappa shape index (κ3) is 5.95. The van der Waals surface area contributed by atoms with Gasteiger partial charge in [0.2, 0.25) is 0 Å². The van der Waals surface area contributed by atoms with Crippen molar-refractivity contribution in [2.24, 2.45) is 4.99 Å². The molecule has 0 spiro atoms. The SMILES string of the molecule is CCOC(=O)C1=C(C)N=c2s/c(=C/c3cc(C)n(-c4ccc(I)cc4)c3C)c(=O)n2[C@H]1c1ccc(OC(C)C)c(OC)c1. The average Bonchev–Trinajstić information content (AvgIpc) is 3.42. The Morgan fingerprint density at radius 2 is 1.81 bits per heavy atom. The summed E-state index contributed by atoms with van der Waals surface area (Å²) in [4.78, 5) is 32.7. The van der Waals surface area contributed by atoms with E-state index in [0.717, 1.165) is 26.2 Å². The first-order valence-electron chi connectivity index (χ1n) is 14.0. The van der Waals surface area contributed by atoms with Gasteiger partial charge in [0.15, 0.2) is 16.3 Å². The standard InChI is InChI=1S/C33H34IN3O5S/c1-8-41-32(39)29-20(5)35-33-37(30(29)22-9-14-26(42-18(2)3)27(16-22)40-7)31(38)28(43-33)17-23-15-19(4)36(21(23)6)25-12-10-24(34)11-13-25/h9-18,30H,8H2,1-7H3/b28-17+/t30-/m0/s1. The largest absolute Gasteiger partial charge is 0.493 e. The van der Waals surface area contributed by atoms with Crippen molar-refractivity contribution >= 4 is 46.0 Å². The van der Waals surface area contributed by atoms with E-state index in [9.17, 15) is 9.59 Å². The second-order valence-corrected chi connectivity index (χ2v) is 12.8. The Labute approximate surface area is 268 Å². The van der Waals surface area contributed by atoms with Gasteiger partial charge in [-0.05, 0) is 124 Å². The van der Waals surface area contributed by atoms with Crippen LogP contribution in [-0.4, -0.2) is 34.9 Å². The molecule has 0 amide bonds. The number of aryl methyl sites for hydroxylation is 1. The monoisotopic (exact) mass is 711 g/mol. The summed E-state index contributed by atoms with van der Waals surface area (Å²) in [6.45, 7) is 11.7. The van der Waals surface area contributed by atoms with Crippen molar-refractivity contribution in [1.29, 1.82) is 0 Å². The van der Waals surface area contributed by atoms with E-state index in [-0.39, 0.29) is 18.3 Å². The number of carbonyl (C=O) groups is 1. The number of nitrogens with zero attached hydrogens (tertiary/aromatic N) is 3. The number of fused-ring (bicyclic) bond motifs is 1. The highest BCUT2D eigenvalue weighted by Crippen LogP contribution is 2.36. The summed E-state index contributed by atoms with van der Waals surface area (Å²) in [5.74, 6) is 0.579. The van der Waals surface area contributed by atoms with Crippen molar-refractivity contribution in [3.05, 3.63) is 106 Å². The number of rotatable bonds is 8. The first kappa shape index (κ1) is 30.8. The molecule has 8 nitrogen and oxygen atoms in total. The minimum Gasteiger partial charge on any atom is -0.493 e. The van der Waals surface area contributed by atoms with Gasteiger partial charge in [-0.3, -0.25) is 9.36 Å². The maximum absolute atomic E-state index is 14.2. The molecule has 4 aromatic rings. The van der Waals surface area contributed by atoms with Gasteiger partial charge in [-0.25, -0.2) is 9.79 Å². The highest BCUT2D eigenvalue weighted by Gasteiger charge is 2.34. The summed E-state index contributed by atoms with van der Waals surface area (Å²) >= 11 is 3.60. The summed E-state index contributed by atoms with van der Waals surface area (Å²) in [6.07, 6.45) is 1.86. The third-order valence-corrected chi connectivity index (χ3v) is 8.93. The van der Waals surface area contributed by atoms with E-state index < -0.39 is 12.0 Å². The normalized spacial score (nSPS) is 15.0. The van der Waals surface area contributed by atoms with Crippen molar-refractivity contribution in [3.63, 3.8) is 0 Å². The lowest BCUT2D eigenvalue weighted by Crippen LogP contribution is -2.40. The van der Waals surface area contributed by atoms with Gasteiger partial charge in [-0.15, -0.1) is 0 Å². The van der Waals surface area contributed by atoms with E-state index in [1.807, 2.05) is 45.0 Å². The molecule has 224 valence electrons. The van der Waals surface area contributed by atoms with Crippen molar-refractivity contribution in [2.45, 2.75) is 53.7 Å². The van der Waals surface area contributed by atoms with Crippen LogP contribution in [0, 0.1) is 17.4 Å². The molecule has 3 heterocycles. The Bertz CT molecular complexity index is 1910.